The second-order valence-corrected chi connectivity index (χ2v) is 5.76. The highest BCUT2D eigenvalue weighted by atomic mass is 35.5. The second kappa shape index (κ2) is 8.25. The number of hydrogen-bond donors (Lipinski definition) is 0. The highest BCUT2D eigenvalue weighted by Crippen LogP contribution is 2.15. The van der Waals surface area contributed by atoms with Crippen LogP contribution in [0.4, 0.5) is 0 Å². The van der Waals surface area contributed by atoms with Gasteiger partial charge in [0.1, 0.15) is 5.75 Å². The Balaban J connectivity index is 1.75. The van der Waals surface area contributed by atoms with E-state index in [1.54, 1.807) is 34.1 Å². The number of rotatable bonds is 5. The molecule has 0 unspecified atom stereocenters. The maximum Gasteiger partial charge on any atom is 0.260 e. The van der Waals surface area contributed by atoms with E-state index in [4.69, 9.17) is 27.9 Å². The van der Waals surface area contributed by atoms with Crippen LogP contribution in [0.1, 0.15) is 6.42 Å². The maximum atomic E-state index is 12.1. The van der Waals surface area contributed by atoms with E-state index in [0.717, 1.165) is 0 Å². The third-order valence-electron chi connectivity index (χ3n) is 3.47. The minimum atomic E-state index is -0.0839. The smallest absolute Gasteiger partial charge is 0.260 e. The molecule has 0 radical (unpaired) electrons. The van der Waals surface area contributed by atoms with Crippen molar-refractivity contribution < 1.29 is 14.3 Å². The van der Waals surface area contributed by atoms with E-state index >= 15 is 0 Å². The Kier molecular flexibility index (Phi) is 6.34. The Hall–Kier alpha value is -1.46. The zero-order valence-electron chi connectivity index (χ0n) is 12.1. The molecule has 0 saturated carbocycles. The molecule has 2 amide bonds. The fraction of sp³-hybridized carbons (Fsp3) is 0.467. The van der Waals surface area contributed by atoms with Crippen molar-refractivity contribution in [3.8, 4) is 5.75 Å². The molecule has 1 saturated heterocycles. The summed E-state index contributed by atoms with van der Waals surface area (Å²) >= 11 is 11.4. The van der Waals surface area contributed by atoms with Crippen molar-refractivity contribution in [3.05, 3.63) is 29.3 Å². The number of amides is 2. The van der Waals surface area contributed by atoms with E-state index in [1.807, 2.05) is 0 Å². The van der Waals surface area contributed by atoms with Crippen LogP contribution in [0.5, 0.6) is 5.75 Å². The van der Waals surface area contributed by atoms with Crippen LogP contribution in [0.15, 0.2) is 24.3 Å². The monoisotopic (exact) mass is 344 g/mol. The molecule has 1 heterocycles. The van der Waals surface area contributed by atoms with Gasteiger partial charge in [0.25, 0.3) is 5.91 Å². The largest absolute Gasteiger partial charge is 0.484 e. The Labute approximate surface area is 139 Å². The Bertz CT molecular complexity index is 514. The normalized spacial score (nSPS) is 14.8. The molecule has 0 aromatic heterocycles. The molecule has 5 nitrogen and oxygen atoms in total. The minimum absolute atomic E-state index is 0.0166. The van der Waals surface area contributed by atoms with Crippen LogP contribution in [0, 0.1) is 0 Å². The SMILES string of the molecule is O=C(CCCl)N1CCN(C(=O)COc2ccc(Cl)cc2)CC1. The van der Waals surface area contributed by atoms with Crippen LogP contribution in [-0.4, -0.2) is 60.3 Å². The van der Waals surface area contributed by atoms with Crippen LogP contribution < -0.4 is 4.74 Å². The van der Waals surface area contributed by atoms with Gasteiger partial charge >= 0.3 is 0 Å². The number of carbonyl (C=O) groups is 2. The summed E-state index contributed by atoms with van der Waals surface area (Å²) < 4.78 is 5.44. The molecular weight excluding hydrogens is 327 g/mol. The van der Waals surface area contributed by atoms with Gasteiger partial charge in [-0.05, 0) is 24.3 Å². The Morgan fingerprint density at radius 2 is 1.55 bits per heavy atom. The summed E-state index contributed by atoms with van der Waals surface area (Å²) in [6.45, 7) is 2.12. The van der Waals surface area contributed by atoms with Crippen molar-refractivity contribution in [1.29, 1.82) is 0 Å². The molecule has 0 atom stereocenters. The zero-order valence-corrected chi connectivity index (χ0v) is 13.6. The fourth-order valence-electron chi connectivity index (χ4n) is 2.21. The van der Waals surface area contributed by atoms with Crippen molar-refractivity contribution in [2.45, 2.75) is 6.42 Å². The van der Waals surface area contributed by atoms with Crippen molar-refractivity contribution in [2.75, 3.05) is 38.7 Å². The summed E-state index contributed by atoms with van der Waals surface area (Å²) in [5, 5.41) is 0.622. The maximum absolute atomic E-state index is 12.1. The lowest BCUT2D eigenvalue weighted by molar-refractivity contribution is -0.140. The van der Waals surface area contributed by atoms with Crippen molar-refractivity contribution >= 4 is 35.0 Å². The first-order chi connectivity index (χ1) is 10.6. The minimum Gasteiger partial charge on any atom is -0.484 e. The van der Waals surface area contributed by atoms with Gasteiger partial charge in [-0.3, -0.25) is 9.59 Å². The van der Waals surface area contributed by atoms with Gasteiger partial charge in [-0.2, -0.15) is 0 Å². The lowest BCUT2D eigenvalue weighted by atomic mass is 10.3. The Morgan fingerprint density at radius 1 is 1.00 bits per heavy atom. The van der Waals surface area contributed by atoms with Gasteiger partial charge in [-0.15, -0.1) is 11.6 Å². The molecule has 0 bridgehead atoms. The van der Waals surface area contributed by atoms with Crippen LogP contribution >= 0.6 is 23.2 Å². The first-order valence-corrected chi connectivity index (χ1v) is 8.01. The molecule has 1 aromatic carbocycles. The molecule has 1 aromatic rings. The predicted molar refractivity (Wildman–Crippen MR) is 85.4 cm³/mol. The van der Waals surface area contributed by atoms with Crippen molar-refractivity contribution in [3.63, 3.8) is 0 Å². The van der Waals surface area contributed by atoms with E-state index in [-0.39, 0.29) is 18.4 Å². The third kappa shape index (κ3) is 4.78. The quantitative estimate of drug-likeness (QED) is 0.768. The number of hydrogen-bond acceptors (Lipinski definition) is 3. The molecule has 0 N–H and O–H groups in total. The first kappa shape index (κ1) is 16.9. The van der Waals surface area contributed by atoms with Gasteiger partial charge in [0.05, 0.1) is 0 Å². The second-order valence-electron chi connectivity index (χ2n) is 4.94. The third-order valence-corrected chi connectivity index (χ3v) is 3.91. The number of ether oxygens (including phenoxy) is 1. The van der Waals surface area contributed by atoms with Gasteiger partial charge in [-0.1, -0.05) is 11.6 Å². The predicted octanol–water partition coefficient (Wildman–Crippen LogP) is 2.02. The van der Waals surface area contributed by atoms with E-state index in [2.05, 4.69) is 0 Å². The van der Waals surface area contributed by atoms with Gasteiger partial charge in [0.15, 0.2) is 6.61 Å². The number of carbonyl (C=O) groups excluding carboxylic acids is 2. The summed E-state index contributed by atoms with van der Waals surface area (Å²) in [5.74, 6) is 0.889. The molecular formula is C15H18Cl2N2O3. The van der Waals surface area contributed by atoms with Crippen LogP contribution in [0.25, 0.3) is 0 Å². The number of alkyl halides is 1. The van der Waals surface area contributed by atoms with Crippen LogP contribution in [0.2, 0.25) is 5.02 Å². The number of halogens is 2. The summed E-state index contributed by atoms with van der Waals surface area (Å²) in [6.07, 6.45) is 0.342. The fourth-order valence-corrected chi connectivity index (χ4v) is 2.50. The van der Waals surface area contributed by atoms with Crippen molar-refractivity contribution in [2.24, 2.45) is 0 Å². The zero-order chi connectivity index (χ0) is 15.9. The summed E-state index contributed by atoms with van der Waals surface area (Å²) in [4.78, 5) is 27.3. The van der Waals surface area contributed by atoms with E-state index in [1.165, 1.54) is 0 Å². The highest BCUT2D eigenvalue weighted by molar-refractivity contribution is 6.30. The van der Waals surface area contributed by atoms with Crippen molar-refractivity contribution in [1.82, 2.24) is 9.80 Å². The molecule has 22 heavy (non-hydrogen) atoms. The van der Waals surface area contributed by atoms with E-state index in [0.29, 0.717) is 49.3 Å². The molecule has 1 fully saturated rings. The van der Waals surface area contributed by atoms with Gasteiger partial charge in [0, 0.05) is 43.5 Å². The molecule has 0 aliphatic carbocycles. The Morgan fingerprint density at radius 3 is 2.09 bits per heavy atom. The molecule has 1 aliphatic heterocycles. The number of benzene rings is 1. The van der Waals surface area contributed by atoms with Crippen LogP contribution in [-0.2, 0) is 9.59 Å². The van der Waals surface area contributed by atoms with E-state index in [9.17, 15) is 9.59 Å². The molecule has 120 valence electrons. The lowest BCUT2D eigenvalue weighted by Crippen LogP contribution is -2.51. The standard InChI is InChI=1S/C15H18Cl2N2O3/c16-6-5-14(20)18-7-9-19(10-8-18)15(21)11-22-13-3-1-12(17)2-4-13/h1-4H,5-11H2. The first-order valence-electron chi connectivity index (χ1n) is 7.10. The summed E-state index contributed by atoms with van der Waals surface area (Å²) in [5.41, 5.74) is 0. The molecule has 0 spiro atoms. The average Bonchev–Trinajstić information content (AvgIpc) is 2.54. The number of piperazine rings is 1. The van der Waals surface area contributed by atoms with E-state index < -0.39 is 0 Å². The highest BCUT2D eigenvalue weighted by Gasteiger charge is 2.23. The van der Waals surface area contributed by atoms with Gasteiger partial charge in [-0.25, -0.2) is 0 Å². The van der Waals surface area contributed by atoms with Crippen LogP contribution in [0.3, 0.4) is 0 Å². The molecule has 2 rings (SSSR count). The summed E-state index contributed by atoms with van der Waals surface area (Å²) in [7, 11) is 0. The molecule has 7 heteroatoms. The lowest BCUT2D eigenvalue weighted by Gasteiger charge is -2.34. The molecule has 1 aliphatic rings. The van der Waals surface area contributed by atoms with Gasteiger partial charge < -0.3 is 14.5 Å². The average molecular weight is 345 g/mol. The topological polar surface area (TPSA) is 49.9 Å². The number of nitrogens with zero attached hydrogens (tertiary/aromatic N) is 2. The van der Waals surface area contributed by atoms with Gasteiger partial charge in [0.2, 0.25) is 5.91 Å². The summed E-state index contributed by atoms with van der Waals surface area (Å²) in [6, 6.07) is 6.86.